The van der Waals surface area contributed by atoms with Crippen LogP contribution in [0.15, 0.2) is 41.0 Å². The average molecular weight is 288 g/mol. The van der Waals surface area contributed by atoms with Crippen LogP contribution in [0.3, 0.4) is 0 Å². The van der Waals surface area contributed by atoms with Gasteiger partial charge in [0.2, 0.25) is 5.89 Å². The van der Waals surface area contributed by atoms with E-state index in [1.165, 1.54) is 6.26 Å². The van der Waals surface area contributed by atoms with Gasteiger partial charge in [0.15, 0.2) is 5.69 Å². The van der Waals surface area contributed by atoms with Gasteiger partial charge in [-0.15, -0.1) is 0 Å². The standard InChI is InChI=1S/C16H20N2O3/c1-11(2)8-13(9-19)17-15(20)14-10-21-16(18-14)12-6-4-3-5-7-12/h3-7,10-11,13,19H,8-9H2,1-2H3,(H,17,20). The van der Waals surface area contributed by atoms with Gasteiger partial charge in [0, 0.05) is 5.56 Å². The normalized spacial score (nSPS) is 12.4. The highest BCUT2D eigenvalue weighted by atomic mass is 16.3. The van der Waals surface area contributed by atoms with Crippen molar-refractivity contribution in [1.29, 1.82) is 0 Å². The first kappa shape index (κ1) is 15.3. The zero-order chi connectivity index (χ0) is 15.2. The second kappa shape index (κ2) is 7.04. The third-order valence-corrected chi connectivity index (χ3v) is 3.07. The van der Waals surface area contributed by atoms with Crippen LogP contribution >= 0.6 is 0 Å². The highest BCUT2D eigenvalue weighted by Gasteiger charge is 2.18. The van der Waals surface area contributed by atoms with Crippen molar-refractivity contribution >= 4 is 5.91 Å². The third-order valence-electron chi connectivity index (χ3n) is 3.07. The fourth-order valence-electron chi connectivity index (χ4n) is 2.10. The van der Waals surface area contributed by atoms with Crippen molar-refractivity contribution in [1.82, 2.24) is 10.3 Å². The molecule has 0 fully saturated rings. The summed E-state index contributed by atoms with van der Waals surface area (Å²) in [6.07, 6.45) is 2.05. The summed E-state index contributed by atoms with van der Waals surface area (Å²) in [6, 6.07) is 9.12. The van der Waals surface area contributed by atoms with Gasteiger partial charge in [-0.2, -0.15) is 0 Å². The summed E-state index contributed by atoms with van der Waals surface area (Å²) in [5, 5.41) is 12.1. The lowest BCUT2D eigenvalue weighted by atomic mass is 10.0. The smallest absolute Gasteiger partial charge is 0.273 e. The molecule has 0 aliphatic carbocycles. The molecule has 1 unspecified atom stereocenters. The predicted molar refractivity (Wildman–Crippen MR) is 79.7 cm³/mol. The number of carbonyl (C=O) groups is 1. The van der Waals surface area contributed by atoms with Crippen molar-refractivity contribution in [3.05, 3.63) is 42.3 Å². The van der Waals surface area contributed by atoms with Crippen LogP contribution in [0.25, 0.3) is 11.5 Å². The van der Waals surface area contributed by atoms with Crippen molar-refractivity contribution in [2.24, 2.45) is 5.92 Å². The maximum atomic E-state index is 12.1. The summed E-state index contributed by atoms with van der Waals surface area (Å²) in [4.78, 5) is 16.3. The SMILES string of the molecule is CC(C)CC(CO)NC(=O)c1coc(-c2ccccc2)n1. The van der Waals surface area contributed by atoms with Gasteiger partial charge in [-0.3, -0.25) is 4.79 Å². The first-order valence-corrected chi connectivity index (χ1v) is 7.02. The Morgan fingerprint density at radius 1 is 1.33 bits per heavy atom. The molecule has 0 spiro atoms. The minimum atomic E-state index is -0.333. The lowest BCUT2D eigenvalue weighted by molar-refractivity contribution is 0.0903. The number of rotatable bonds is 6. The zero-order valence-corrected chi connectivity index (χ0v) is 12.2. The molecule has 0 aliphatic rings. The number of hydrogen-bond acceptors (Lipinski definition) is 4. The van der Waals surface area contributed by atoms with Crippen LogP contribution in [0.5, 0.6) is 0 Å². The Labute approximate surface area is 124 Å². The number of amides is 1. The predicted octanol–water partition coefficient (Wildman–Crippen LogP) is 2.48. The summed E-state index contributed by atoms with van der Waals surface area (Å²) in [5.41, 5.74) is 1.04. The number of oxazole rings is 1. The summed E-state index contributed by atoms with van der Waals surface area (Å²) < 4.78 is 5.33. The summed E-state index contributed by atoms with van der Waals surface area (Å²) >= 11 is 0. The van der Waals surface area contributed by atoms with Crippen molar-refractivity contribution in [2.45, 2.75) is 26.3 Å². The van der Waals surface area contributed by atoms with E-state index in [0.717, 1.165) is 5.56 Å². The monoisotopic (exact) mass is 288 g/mol. The number of carbonyl (C=O) groups excluding carboxylic acids is 1. The fraction of sp³-hybridized carbons (Fsp3) is 0.375. The molecule has 2 N–H and O–H groups in total. The Bertz CT molecular complexity index is 578. The molecular weight excluding hydrogens is 268 g/mol. The van der Waals surface area contributed by atoms with E-state index in [1.54, 1.807) is 0 Å². The van der Waals surface area contributed by atoms with Crippen molar-refractivity contribution in [3.8, 4) is 11.5 Å². The van der Waals surface area contributed by atoms with Crippen LogP contribution in [-0.4, -0.2) is 28.6 Å². The molecule has 0 aliphatic heterocycles. The van der Waals surface area contributed by atoms with E-state index in [9.17, 15) is 9.90 Å². The minimum Gasteiger partial charge on any atom is -0.444 e. The molecule has 1 atom stereocenters. The number of benzene rings is 1. The van der Waals surface area contributed by atoms with Crippen LogP contribution in [-0.2, 0) is 0 Å². The lowest BCUT2D eigenvalue weighted by Gasteiger charge is -2.17. The van der Waals surface area contributed by atoms with Gasteiger partial charge >= 0.3 is 0 Å². The number of nitrogens with zero attached hydrogens (tertiary/aromatic N) is 1. The van der Waals surface area contributed by atoms with Gasteiger partial charge in [0.1, 0.15) is 6.26 Å². The molecule has 0 bridgehead atoms. The Hall–Kier alpha value is -2.14. The molecule has 1 amide bonds. The van der Waals surface area contributed by atoms with Crippen molar-refractivity contribution in [3.63, 3.8) is 0 Å². The second-order valence-electron chi connectivity index (χ2n) is 5.39. The lowest BCUT2D eigenvalue weighted by Crippen LogP contribution is -2.38. The van der Waals surface area contributed by atoms with Gasteiger partial charge in [-0.1, -0.05) is 32.0 Å². The van der Waals surface area contributed by atoms with Crippen LogP contribution in [0.4, 0.5) is 0 Å². The Morgan fingerprint density at radius 3 is 2.67 bits per heavy atom. The maximum absolute atomic E-state index is 12.1. The largest absolute Gasteiger partial charge is 0.444 e. The summed E-state index contributed by atoms with van der Waals surface area (Å²) in [5.74, 6) is 0.463. The molecule has 21 heavy (non-hydrogen) atoms. The Kier molecular flexibility index (Phi) is 5.11. The highest BCUT2D eigenvalue weighted by molar-refractivity contribution is 5.92. The van der Waals surface area contributed by atoms with Crippen LogP contribution in [0.1, 0.15) is 30.8 Å². The van der Waals surface area contributed by atoms with Gasteiger partial charge < -0.3 is 14.8 Å². The van der Waals surface area contributed by atoms with E-state index in [4.69, 9.17) is 4.42 Å². The molecule has 1 heterocycles. The fourth-order valence-corrected chi connectivity index (χ4v) is 2.10. The molecule has 0 saturated heterocycles. The van der Waals surface area contributed by atoms with Crippen LogP contribution < -0.4 is 5.32 Å². The summed E-state index contributed by atoms with van der Waals surface area (Å²) in [7, 11) is 0. The number of nitrogens with one attached hydrogen (secondary N) is 1. The first-order chi connectivity index (χ1) is 10.1. The van der Waals surface area contributed by atoms with Crippen LogP contribution in [0, 0.1) is 5.92 Å². The average Bonchev–Trinajstić information content (AvgIpc) is 2.97. The molecule has 0 saturated carbocycles. The molecule has 1 aromatic heterocycles. The van der Waals surface area contributed by atoms with Gasteiger partial charge in [-0.05, 0) is 24.5 Å². The Morgan fingerprint density at radius 2 is 2.05 bits per heavy atom. The molecule has 5 nitrogen and oxygen atoms in total. The maximum Gasteiger partial charge on any atom is 0.273 e. The molecule has 5 heteroatoms. The molecular formula is C16H20N2O3. The number of aliphatic hydroxyl groups is 1. The van der Waals surface area contributed by atoms with Gasteiger partial charge in [0.05, 0.1) is 12.6 Å². The van der Waals surface area contributed by atoms with E-state index in [-0.39, 0.29) is 24.2 Å². The van der Waals surface area contributed by atoms with Crippen molar-refractivity contribution in [2.75, 3.05) is 6.61 Å². The molecule has 1 aromatic carbocycles. The topological polar surface area (TPSA) is 75.4 Å². The number of aliphatic hydroxyl groups excluding tert-OH is 1. The van der Waals surface area contributed by atoms with Gasteiger partial charge in [-0.25, -0.2) is 4.98 Å². The highest BCUT2D eigenvalue weighted by Crippen LogP contribution is 2.18. The van der Waals surface area contributed by atoms with E-state index < -0.39 is 0 Å². The Balaban J connectivity index is 2.05. The zero-order valence-electron chi connectivity index (χ0n) is 12.2. The van der Waals surface area contributed by atoms with Gasteiger partial charge in [0.25, 0.3) is 5.91 Å². The van der Waals surface area contributed by atoms with E-state index in [2.05, 4.69) is 10.3 Å². The number of aromatic nitrogens is 1. The third kappa shape index (κ3) is 4.16. The quantitative estimate of drug-likeness (QED) is 0.856. The number of hydrogen-bond donors (Lipinski definition) is 2. The first-order valence-electron chi connectivity index (χ1n) is 7.02. The van der Waals surface area contributed by atoms with E-state index >= 15 is 0 Å². The van der Waals surface area contributed by atoms with E-state index in [0.29, 0.717) is 18.2 Å². The molecule has 112 valence electrons. The molecule has 2 rings (SSSR count). The van der Waals surface area contributed by atoms with Crippen molar-refractivity contribution < 1.29 is 14.3 Å². The van der Waals surface area contributed by atoms with Crippen LogP contribution in [0.2, 0.25) is 0 Å². The second-order valence-corrected chi connectivity index (χ2v) is 5.39. The molecule has 2 aromatic rings. The molecule has 0 radical (unpaired) electrons. The summed E-state index contributed by atoms with van der Waals surface area (Å²) in [6.45, 7) is 3.99. The minimum absolute atomic E-state index is 0.0900. The van der Waals surface area contributed by atoms with E-state index in [1.807, 2.05) is 44.2 Å².